The first-order valence-electron chi connectivity index (χ1n) is 10.2. The van der Waals surface area contributed by atoms with E-state index in [0.29, 0.717) is 35.2 Å². The van der Waals surface area contributed by atoms with E-state index >= 15 is 0 Å². The average Bonchev–Trinajstić information content (AvgIpc) is 3.15. The van der Waals surface area contributed by atoms with Gasteiger partial charge in [-0.1, -0.05) is 24.6 Å². The van der Waals surface area contributed by atoms with E-state index in [1.165, 1.54) is 0 Å². The number of carbonyl (C=O) groups is 3. The normalized spacial score (nSPS) is 15.6. The van der Waals surface area contributed by atoms with E-state index in [9.17, 15) is 14.4 Å². The first-order chi connectivity index (χ1) is 14.9. The molecule has 2 aromatic rings. The molecule has 1 fully saturated rings. The average molecular weight is 444 g/mol. The van der Waals surface area contributed by atoms with Crippen LogP contribution in [0.15, 0.2) is 42.5 Å². The largest absolute Gasteiger partial charge is 0.484 e. The highest BCUT2D eigenvalue weighted by Gasteiger charge is 2.34. The second-order valence-corrected chi connectivity index (χ2v) is 7.92. The molecule has 1 heterocycles. The summed E-state index contributed by atoms with van der Waals surface area (Å²) >= 11 is 5.97. The molecule has 0 spiro atoms. The SMILES string of the molecule is CCCNC(=O)[C@@H]1CC(=O)N(c2ccc(OCC(=O)Nc3cc(Cl)ccc3C)cc2)C1. The molecule has 0 unspecified atom stereocenters. The summed E-state index contributed by atoms with van der Waals surface area (Å²) in [6.07, 6.45) is 1.06. The number of nitrogens with one attached hydrogen (secondary N) is 2. The summed E-state index contributed by atoms with van der Waals surface area (Å²) < 4.78 is 5.55. The van der Waals surface area contributed by atoms with E-state index in [-0.39, 0.29) is 36.7 Å². The smallest absolute Gasteiger partial charge is 0.262 e. The third-order valence-electron chi connectivity index (χ3n) is 5.04. The first kappa shape index (κ1) is 22.6. The molecule has 0 aliphatic carbocycles. The number of amides is 3. The lowest BCUT2D eigenvalue weighted by Crippen LogP contribution is -2.33. The summed E-state index contributed by atoms with van der Waals surface area (Å²) in [7, 11) is 0. The quantitative estimate of drug-likeness (QED) is 0.653. The third-order valence-corrected chi connectivity index (χ3v) is 5.27. The maximum atomic E-state index is 12.3. The lowest BCUT2D eigenvalue weighted by Gasteiger charge is -2.17. The number of halogens is 1. The summed E-state index contributed by atoms with van der Waals surface area (Å²) in [6.45, 7) is 4.67. The molecule has 0 aromatic heterocycles. The van der Waals surface area contributed by atoms with Crippen LogP contribution in [0.3, 0.4) is 0 Å². The van der Waals surface area contributed by atoms with Crippen LogP contribution < -0.4 is 20.3 Å². The van der Waals surface area contributed by atoms with Gasteiger partial charge in [0.1, 0.15) is 5.75 Å². The molecule has 1 aliphatic rings. The Kier molecular flexibility index (Phi) is 7.52. The molecule has 0 radical (unpaired) electrons. The molecular weight excluding hydrogens is 418 g/mol. The zero-order chi connectivity index (χ0) is 22.4. The van der Waals surface area contributed by atoms with Crippen LogP contribution in [0.2, 0.25) is 5.02 Å². The van der Waals surface area contributed by atoms with Gasteiger partial charge in [-0.25, -0.2) is 0 Å². The van der Waals surface area contributed by atoms with E-state index in [1.54, 1.807) is 41.3 Å². The van der Waals surface area contributed by atoms with Gasteiger partial charge in [0.15, 0.2) is 6.61 Å². The Balaban J connectivity index is 1.53. The fourth-order valence-corrected chi connectivity index (χ4v) is 3.48. The van der Waals surface area contributed by atoms with Crippen molar-refractivity contribution in [2.75, 3.05) is 29.9 Å². The molecule has 8 heteroatoms. The highest BCUT2D eigenvalue weighted by molar-refractivity contribution is 6.31. The standard InChI is InChI=1S/C23H26ClN3O4/c1-3-10-25-23(30)16-11-22(29)27(13-16)18-6-8-19(9-7-18)31-14-21(28)26-20-12-17(24)5-4-15(20)2/h4-9,12,16H,3,10-11,13-14H2,1-2H3,(H,25,30)(H,26,28)/t16-/m1/s1. The Morgan fingerprint density at radius 1 is 1.19 bits per heavy atom. The Labute approximate surface area is 186 Å². The van der Waals surface area contributed by atoms with E-state index in [2.05, 4.69) is 10.6 Å². The van der Waals surface area contributed by atoms with Crippen molar-refractivity contribution in [3.63, 3.8) is 0 Å². The van der Waals surface area contributed by atoms with Crippen LogP contribution in [-0.4, -0.2) is 37.4 Å². The zero-order valence-electron chi connectivity index (χ0n) is 17.6. The van der Waals surface area contributed by atoms with Gasteiger partial charge >= 0.3 is 0 Å². The predicted molar refractivity (Wildman–Crippen MR) is 121 cm³/mol. The minimum atomic E-state index is -0.339. The van der Waals surface area contributed by atoms with Crippen LogP contribution in [0.25, 0.3) is 0 Å². The second-order valence-electron chi connectivity index (χ2n) is 7.49. The lowest BCUT2D eigenvalue weighted by atomic mass is 10.1. The summed E-state index contributed by atoms with van der Waals surface area (Å²) in [5.74, 6) is -0.301. The highest BCUT2D eigenvalue weighted by Crippen LogP contribution is 2.27. The maximum Gasteiger partial charge on any atom is 0.262 e. The topological polar surface area (TPSA) is 87.7 Å². The number of hydrogen-bond acceptors (Lipinski definition) is 4. The highest BCUT2D eigenvalue weighted by atomic mass is 35.5. The van der Waals surface area contributed by atoms with Gasteiger partial charge in [-0.3, -0.25) is 14.4 Å². The molecule has 7 nitrogen and oxygen atoms in total. The number of ether oxygens (including phenoxy) is 1. The number of nitrogens with zero attached hydrogens (tertiary/aromatic N) is 1. The molecule has 31 heavy (non-hydrogen) atoms. The number of rotatable bonds is 8. The Morgan fingerprint density at radius 2 is 1.94 bits per heavy atom. The maximum absolute atomic E-state index is 12.3. The molecule has 3 amide bonds. The predicted octanol–water partition coefficient (Wildman–Crippen LogP) is 3.55. The molecule has 1 atom stereocenters. The van der Waals surface area contributed by atoms with Gasteiger partial charge in [-0.2, -0.15) is 0 Å². The molecular formula is C23H26ClN3O4. The number of benzene rings is 2. The van der Waals surface area contributed by atoms with Gasteiger partial charge in [0.25, 0.3) is 5.91 Å². The number of aryl methyl sites for hydroxylation is 1. The minimum absolute atomic E-state index is 0.0819. The van der Waals surface area contributed by atoms with Crippen LogP contribution in [-0.2, 0) is 14.4 Å². The summed E-state index contributed by atoms with van der Waals surface area (Å²) in [5.41, 5.74) is 2.24. The molecule has 2 aromatic carbocycles. The van der Waals surface area contributed by atoms with Gasteiger partial charge in [-0.05, 0) is 55.3 Å². The van der Waals surface area contributed by atoms with Gasteiger partial charge in [-0.15, -0.1) is 0 Å². The first-order valence-corrected chi connectivity index (χ1v) is 10.6. The summed E-state index contributed by atoms with van der Waals surface area (Å²) in [5, 5.41) is 6.16. The van der Waals surface area contributed by atoms with Crippen molar-refractivity contribution in [3.05, 3.63) is 53.1 Å². The summed E-state index contributed by atoms with van der Waals surface area (Å²) in [6, 6.07) is 12.2. The van der Waals surface area contributed by atoms with Crippen molar-refractivity contribution in [1.29, 1.82) is 0 Å². The van der Waals surface area contributed by atoms with Crippen molar-refractivity contribution >= 4 is 40.7 Å². The van der Waals surface area contributed by atoms with Gasteiger partial charge < -0.3 is 20.3 Å². The number of anilines is 2. The van der Waals surface area contributed by atoms with E-state index in [0.717, 1.165) is 12.0 Å². The van der Waals surface area contributed by atoms with E-state index in [1.807, 2.05) is 19.9 Å². The van der Waals surface area contributed by atoms with Crippen molar-refractivity contribution in [2.45, 2.75) is 26.7 Å². The van der Waals surface area contributed by atoms with Crippen LogP contribution in [0.4, 0.5) is 11.4 Å². The number of carbonyl (C=O) groups excluding carboxylic acids is 3. The molecule has 1 saturated heterocycles. The molecule has 1 aliphatic heterocycles. The Morgan fingerprint density at radius 3 is 2.65 bits per heavy atom. The van der Waals surface area contributed by atoms with Crippen molar-refractivity contribution < 1.29 is 19.1 Å². The Bertz CT molecular complexity index is 962. The van der Waals surface area contributed by atoms with E-state index in [4.69, 9.17) is 16.3 Å². The molecule has 0 bridgehead atoms. The lowest BCUT2D eigenvalue weighted by molar-refractivity contribution is -0.126. The monoisotopic (exact) mass is 443 g/mol. The summed E-state index contributed by atoms with van der Waals surface area (Å²) in [4.78, 5) is 38.3. The Hall–Kier alpha value is -3.06. The van der Waals surface area contributed by atoms with Gasteiger partial charge in [0, 0.05) is 35.9 Å². The molecule has 2 N–H and O–H groups in total. The zero-order valence-corrected chi connectivity index (χ0v) is 18.4. The van der Waals surface area contributed by atoms with Crippen molar-refractivity contribution in [2.24, 2.45) is 5.92 Å². The second kappa shape index (κ2) is 10.3. The van der Waals surface area contributed by atoms with Crippen molar-refractivity contribution in [3.8, 4) is 5.75 Å². The fraction of sp³-hybridized carbons (Fsp3) is 0.348. The fourth-order valence-electron chi connectivity index (χ4n) is 3.31. The van der Waals surface area contributed by atoms with Crippen LogP contribution in [0.5, 0.6) is 5.75 Å². The third kappa shape index (κ3) is 5.98. The van der Waals surface area contributed by atoms with Gasteiger partial charge in [0.05, 0.1) is 5.92 Å². The van der Waals surface area contributed by atoms with Gasteiger partial charge in [0.2, 0.25) is 11.8 Å². The van der Waals surface area contributed by atoms with Crippen molar-refractivity contribution in [1.82, 2.24) is 5.32 Å². The molecule has 3 rings (SSSR count). The van der Waals surface area contributed by atoms with Crippen LogP contribution >= 0.6 is 11.6 Å². The molecule has 164 valence electrons. The van der Waals surface area contributed by atoms with Crippen LogP contribution in [0.1, 0.15) is 25.3 Å². The minimum Gasteiger partial charge on any atom is -0.484 e. The van der Waals surface area contributed by atoms with E-state index < -0.39 is 0 Å². The molecule has 0 saturated carbocycles. The number of hydrogen-bond donors (Lipinski definition) is 2. The van der Waals surface area contributed by atoms with Crippen LogP contribution in [0, 0.1) is 12.8 Å².